The van der Waals surface area contributed by atoms with Crippen molar-refractivity contribution >= 4 is 43.8 Å². The quantitative estimate of drug-likeness (QED) is 0.304. The smallest absolute Gasteiger partial charge is 0.204 e. The summed E-state index contributed by atoms with van der Waals surface area (Å²) in [5.41, 5.74) is 7.82. The van der Waals surface area contributed by atoms with E-state index in [1.807, 2.05) is 60.8 Å². The van der Waals surface area contributed by atoms with Crippen molar-refractivity contribution in [1.82, 2.24) is 9.55 Å². The average Bonchev–Trinajstić information content (AvgIpc) is 3.36. The molecule has 0 amide bonds. The molecule has 144 valence electrons. The second-order valence-corrected chi connectivity index (χ2v) is 7.89. The van der Waals surface area contributed by atoms with Gasteiger partial charge in [0.25, 0.3) is 0 Å². The Morgan fingerprint density at radius 1 is 1.03 bits per heavy atom. The molecule has 0 bridgehead atoms. The Morgan fingerprint density at radius 2 is 1.83 bits per heavy atom. The topological polar surface area (TPSA) is 66.0 Å². The van der Waals surface area contributed by atoms with Gasteiger partial charge in [0.2, 0.25) is 5.13 Å². The van der Waals surface area contributed by atoms with Gasteiger partial charge in [-0.3, -0.25) is 5.43 Å². The summed E-state index contributed by atoms with van der Waals surface area (Å²) >= 11 is 1.58. The fourth-order valence-electron chi connectivity index (χ4n) is 3.54. The second kappa shape index (κ2) is 7.82. The first kappa shape index (κ1) is 18.1. The van der Waals surface area contributed by atoms with E-state index in [1.54, 1.807) is 11.3 Å². The molecular formula is C24H17N5S. The molecule has 3 aromatic carbocycles. The highest BCUT2D eigenvalue weighted by Gasteiger charge is 2.09. The van der Waals surface area contributed by atoms with Gasteiger partial charge < -0.3 is 4.57 Å². The van der Waals surface area contributed by atoms with Crippen molar-refractivity contribution in [2.45, 2.75) is 6.54 Å². The van der Waals surface area contributed by atoms with Crippen molar-refractivity contribution in [3.63, 3.8) is 0 Å². The summed E-state index contributed by atoms with van der Waals surface area (Å²) in [5, 5.41) is 15.7. The summed E-state index contributed by atoms with van der Waals surface area (Å²) in [6, 6.07) is 26.2. The van der Waals surface area contributed by atoms with Crippen molar-refractivity contribution in [2.75, 3.05) is 5.43 Å². The van der Waals surface area contributed by atoms with Gasteiger partial charge in [-0.05, 0) is 29.8 Å². The third kappa shape index (κ3) is 3.43. The number of hydrazone groups is 1. The van der Waals surface area contributed by atoms with E-state index in [2.05, 4.69) is 50.5 Å². The molecule has 30 heavy (non-hydrogen) atoms. The van der Waals surface area contributed by atoms with Crippen molar-refractivity contribution < 1.29 is 0 Å². The number of hydrogen-bond acceptors (Lipinski definition) is 5. The summed E-state index contributed by atoms with van der Waals surface area (Å²) in [7, 11) is 0. The lowest BCUT2D eigenvalue weighted by molar-refractivity contribution is 0.834. The van der Waals surface area contributed by atoms with E-state index >= 15 is 0 Å². The first-order valence-electron chi connectivity index (χ1n) is 9.52. The molecule has 0 spiro atoms. The normalized spacial score (nSPS) is 11.3. The standard InChI is InChI=1S/C24H17N5S/c25-13-17-7-1-2-8-18(17)15-29-16-19(20-9-3-5-11-22(20)29)14-26-28-24-27-21-10-4-6-12-23(21)30-24/h1-12,14,16H,15H2,(H,27,28)/b26-14-. The lowest BCUT2D eigenvalue weighted by Crippen LogP contribution is -2.00. The summed E-state index contributed by atoms with van der Waals surface area (Å²) in [6.07, 6.45) is 3.89. The molecule has 0 saturated heterocycles. The molecule has 0 fully saturated rings. The van der Waals surface area contributed by atoms with E-state index < -0.39 is 0 Å². The summed E-state index contributed by atoms with van der Waals surface area (Å²) in [6.45, 7) is 0.628. The molecule has 0 atom stereocenters. The van der Waals surface area contributed by atoms with Gasteiger partial charge >= 0.3 is 0 Å². The van der Waals surface area contributed by atoms with Crippen molar-refractivity contribution in [3.05, 3.63) is 95.7 Å². The Morgan fingerprint density at radius 3 is 2.73 bits per heavy atom. The third-order valence-corrected chi connectivity index (χ3v) is 5.90. The van der Waals surface area contributed by atoms with Gasteiger partial charge in [-0.25, -0.2) is 4.98 Å². The number of fused-ring (bicyclic) bond motifs is 2. The summed E-state index contributed by atoms with van der Waals surface area (Å²) < 4.78 is 3.29. The maximum Gasteiger partial charge on any atom is 0.204 e. The monoisotopic (exact) mass is 407 g/mol. The van der Waals surface area contributed by atoms with Gasteiger partial charge in [0.05, 0.1) is 28.1 Å². The zero-order valence-electron chi connectivity index (χ0n) is 16.0. The molecule has 5 rings (SSSR count). The number of para-hydroxylation sites is 2. The van der Waals surface area contributed by atoms with Crippen LogP contribution in [0.5, 0.6) is 0 Å². The molecule has 5 aromatic rings. The summed E-state index contributed by atoms with van der Waals surface area (Å²) in [4.78, 5) is 4.54. The van der Waals surface area contributed by atoms with Crippen LogP contribution in [0, 0.1) is 11.3 Å². The highest BCUT2D eigenvalue weighted by atomic mass is 32.1. The highest BCUT2D eigenvalue weighted by Crippen LogP contribution is 2.26. The number of thiazole rings is 1. The SMILES string of the molecule is N#Cc1ccccc1Cn1cc(/C=N\Nc2nc3ccccc3s2)c2ccccc21. The predicted octanol–water partition coefficient (Wildman–Crippen LogP) is 5.62. The molecule has 0 saturated carbocycles. The molecule has 2 aromatic heterocycles. The van der Waals surface area contributed by atoms with E-state index in [9.17, 15) is 5.26 Å². The van der Waals surface area contributed by atoms with Gasteiger partial charge in [-0.2, -0.15) is 10.4 Å². The third-order valence-electron chi connectivity index (χ3n) is 4.96. The molecule has 6 heteroatoms. The Hall–Kier alpha value is -3.95. The zero-order chi connectivity index (χ0) is 20.3. The number of aromatic nitrogens is 2. The zero-order valence-corrected chi connectivity index (χ0v) is 16.8. The van der Waals surface area contributed by atoms with Crippen molar-refractivity contribution in [3.8, 4) is 6.07 Å². The molecule has 2 heterocycles. The number of rotatable bonds is 5. The van der Waals surface area contributed by atoms with Crippen LogP contribution in [-0.2, 0) is 6.54 Å². The fraction of sp³-hybridized carbons (Fsp3) is 0.0417. The number of benzene rings is 3. The molecule has 0 aliphatic rings. The minimum absolute atomic E-state index is 0.628. The number of anilines is 1. The highest BCUT2D eigenvalue weighted by molar-refractivity contribution is 7.22. The Labute approximate surface area is 177 Å². The average molecular weight is 408 g/mol. The van der Waals surface area contributed by atoms with Crippen LogP contribution in [-0.4, -0.2) is 15.8 Å². The van der Waals surface area contributed by atoms with Crippen LogP contribution < -0.4 is 5.43 Å². The van der Waals surface area contributed by atoms with Gasteiger partial charge in [-0.15, -0.1) is 0 Å². The number of nitrogens with one attached hydrogen (secondary N) is 1. The predicted molar refractivity (Wildman–Crippen MR) is 123 cm³/mol. The molecule has 0 radical (unpaired) electrons. The maximum absolute atomic E-state index is 9.40. The van der Waals surface area contributed by atoms with E-state index in [-0.39, 0.29) is 0 Å². The van der Waals surface area contributed by atoms with E-state index in [0.717, 1.165) is 37.4 Å². The summed E-state index contributed by atoms with van der Waals surface area (Å²) in [5.74, 6) is 0. The molecule has 0 aliphatic carbocycles. The minimum Gasteiger partial charge on any atom is -0.342 e. The van der Waals surface area contributed by atoms with Gasteiger partial charge in [0.1, 0.15) is 0 Å². The van der Waals surface area contributed by atoms with Crippen LogP contribution in [0.3, 0.4) is 0 Å². The largest absolute Gasteiger partial charge is 0.342 e. The van der Waals surface area contributed by atoms with Crippen molar-refractivity contribution in [2.24, 2.45) is 5.10 Å². The first-order chi connectivity index (χ1) is 14.8. The van der Waals surface area contributed by atoms with Crippen LogP contribution in [0.25, 0.3) is 21.1 Å². The van der Waals surface area contributed by atoms with Gasteiger partial charge in [0.15, 0.2) is 0 Å². The van der Waals surface area contributed by atoms with Crippen LogP contribution in [0.15, 0.2) is 84.1 Å². The molecule has 1 N–H and O–H groups in total. The van der Waals surface area contributed by atoms with Gasteiger partial charge in [-0.1, -0.05) is 59.9 Å². The molecule has 0 aliphatic heterocycles. The van der Waals surface area contributed by atoms with E-state index in [0.29, 0.717) is 12.1 Å². The Bertz CT molecular complexity index is 1390. The van der Waals surface area contributed by atoms with E-state index in [4.69, 9.17) is 0 Å². The Balaban J connectivity index is 1.44. The van der Waals surface area contributed by atoms with Gasteiger partial charge in [0, 0.05) is 29.2 Å². The second-order valence-electron chi connectivity index (χ2n) is 6.86. The number of nitriles is 1. The maximum atomic E-state index is 9.40. The molecule has 5 nitrogen and oxygen atoms in total. The van der Waals surface area contributed by atoms with E-state index in [1.165, 1.54) is 0 Å². The fourth-order valence-corrected chi connectivity index (χ4v) is 4.35. The Kier molecular flexibility index (Phi) is 4.72. The van der Waals surface area contributed by atoms with Crippen LogP contribution >= 0.6 is 11.3 Å². The van der Waals surface area contributed by atoms with Crippen LogP contribution in [0.2, 0.25) is 0 Å². The van der Waals surface area contributed by atoms with Crippen LogP contribution in [0.4, 0.5) is 5.13 Å². The first-order valence-corrected chi connectivity index (χ1v) is 10.3. The van der Waals surface area contributed by atoms with Crippen molar-refractivity contribution in [1.29, 1.82) is 5.26 Å². The molecule has 0 unspecified atom stereocenters. The number of nitrogens with zero attached hydrogens (tertiary/aromatic N) is 4. The lowest BCUT2D eigenvalue weighted by Gasteiger charge is -2.07. The number of hydrogen-bond donors (Lipinski definition) is 1. The lowest BCUT2D eigenvalue weighted by atomic mass is 10.1. The molecular weight excluding hydrogens is 390 g/mol. The minimum atomic E-state index is 0.628. The van der Waals surface area contributed by atoms with Crippen LogP contribution in [0.1, 0.15) is 16.7 Å².